The molecule has 0 radical (unpaired) electrons. The zero-order chi connectivity index (χ0) is 16.4. The molecule has 1 N–H and O–H groups in total. The number of nitrogens with one attached hydrogen (secondary N) is 1. The van der Waals surface area contributed by atoms with Crippen LogP contribution in [0.1, 0.15) is 31.2 Å². The molecule has 0 spiro atoms. The highest BCUT2D eigenvalue weighted by molar-refractivity contribution is 5.85. The van der Waals surface area contributed by atoms with Gasteiger partial charge in [-0.1, -0.05) is 18.2 Å². The summed E-state index contributed by atoms with van der Waals surface area (Å²) >= 11 is 0. The monoisotopic (exact) mass is 316 g/mol. The van der Waals surface area contributed by atoms with Gasteiger partial charge in [-0.2, -0.15) is 0 Å². The van der Waals surface area contributed by atoms with Crippen LogP contribution in [-0.2, 0) is 16.1 Å². The molecule has 5 nitrogen and oxygen atoms in total. The second-order valence-corrected chi connectivity index (χ2v) is 6.58. The van der Waals surface area contributed by atoms with Crippen molar-refractivity contribution in [1.29, 1.82) is 0 Å². The van der Waals surface area contributed by atoms with E-state index in [0.717, 1.165) is 37.0 Å². The fourth-order valence-corrected chi connectivity index (χ4v) is 4.32. The molecule has 3 fully saturated rings. The minimum absolute atomic E-state index is 0.0898. The molecule has 23 heavy (non-hydrogen) atoms. The second kappa shape index (κ2) is 6.60. The Morgan fingerprint density at radius 2 is 1.74 bits per heavy atom. The molecule has 0 aliphatic heterocycles. The largest absolute Gasteiger partial charge is 0.550 e. The van der Waals surface area contributed by atoms with Crippen LogP contribution in [-0.4, -0.2) is 19.0 Å². The molecule has 0 heterocycles. The van der Waals surface area contributed by atoms with E-state index in [1.165, 1.54) is 0 Å². The summed E-state index contributed by atoms with van der Waals surface area (Å²) < 4.78 is 5.28. The number of rotatable bonds is 5. The zero-order valence-electron chi connectivity index (χ0n) is 13.3. The van der Waals surface area contributed by atoms with Crippen molar-refractivity contribution < 1.29 is 19.4 Å². The molecule has 3 saturated carbocycles. The van der Waals surface area contributed by atoms with Crippen LogP contribution in [0.3, 0.4) is 0 Å². The molecule has 2 atom stereocenters. The normalized spacial score (nSPS) is 29.1. The van der Waals surface area contributed by atoms with Crippen molar-refractivity contribution in [3.05, 3.63) is 29.8 Å². The van der Waals surface area contributed by atoms with Gasteiger partial charge in [0.25, 0.3) is 0 Å². The average Bonchev–Trinajstić information content (AvgIpc) is 2.59. The molecule has 1 aromatic carbocycles. The number of ether oxygens (including phenoxy) is 1. The fraction of sp³-hybridized carbons (Fsp3) is 0.556. The Bertz CT molecular complexity index is 592. The fourth-order valence-electron chi connectivity index (χ4n) is 4.32. The van der Waals surface area contributed by atoms with E-state index >= 15 is 0 Å². The van der Waals surface area contributed by atoms with Gasteiger partial charge in [-0.15, -0.1) is 0 Å². The number of hydrogen-bond acceptors (Lipinski definition) is 4. The first-order chi connectivity index (χ1) is 11.1. The van der Waals surface area contributed by atoms with Crippen molar-refractivity contribution in [1.82, 2.24) is 5.32 Å². The van der Waals surface area contributed by atoms with E-state index in [1.807, 2.05) is 24.3 Å². The predicted molar refractivity (Wildman–Crippen MR) is 82.3 cm³/mol. The summed E-state index contributed by atoms with van der Waals surface area (Å²) in [7, 11) is 1.59. The molecule has 4 rings (SSSR count). The van der Waals surface area contributed by atoms with Crippen molar-refractivity contribution in [2.75, 3.05) is 7.11 Å². The average molecular weight is 316 g/mol. The van der Waals surface area contributed by atoms with Gasteiger partial charge in [-0.3, -0.25) is 4.79 Å². The second-order valence-electron chi connectivity index (χ2n) is 6.58. The summed E-state index contributed by atoms with van der Waals surface area (Å²) in [6.45, 7) is 0.344. The molecule has 1 amide bonds. The smallest absolute Gasteiger partial charge is 0.224 e. The summed E-state index contributed by atoms with van der Waals surface area (Å²) in [6.07, 6.45) is 3.70. The molecule has 3 aliphatic carbocycles. The lowest BCUT2D eigenvalue weighted by Gasteiger charge is -2.48. The van der Waals surface area contributed by atoms with Gasteiger partial charge in [0, 0.05) is 29.9 Å². The molecular weight excluding hydrogens is 294 g/mol. The van der Waals surface area contributed by atoms with Crippen LogP contribution in [0.25, 0.3) is 0 Å². The molecule has 5 heteroatoms. The maximum absolute atomic E-state index is 12.6. The number of amides is 1. The number of carboxylic acid groups (broad SMARTS) is 1. The molecular formula is C18H22NO4-. The summed E-state index contributed by atoms with van der Waals surface area (Å²) in [5.41, 5.74) is 0.884. The molecule has 0 aromatic heterocycles. The first-order valence-corrected chi connectivity index (χ1v) is 8.22. The van der Waals surface area contributed by atoms with Gasteiger partial charge in [0.2, 0.25) is 5.91 Å². The third kappa shape index (κ3) is 3.05. The first kappa shape index (κ1) is 15.8. The van der Waals surface area contributed by atoms with Gasteiger partial charge in [0.15, 0.2) is 0 Å². The molecule has 3 aliphatic rings. The van der Waals surface area contributed by atoms with Crippen LogP contribution < -0.4 is 15.2 Å². The Balaban J connectivity index is 1.70. The minimum Gasteiger partial charge on any atom is -0.550 e. The van der Waals surface area contributed by atoms with Gasteiger partial charge in [-0.25, -0.2) is 0 Å². The summed E-state index contributed by atoms with van der Waals surface area (Å²) in [6, 6.07) is 7.49. The van der Waals surface area contributed by atoms with Crippen molar-refractivity contribution in [3.8, 4) is 5.75 Å². The lowest BCUT2D eigenvalue weighted by atomic mass is 9.58. The zero-order valence-corrected chi connectivity index (χ0v) is 13.3. The highest BCUT2D eigenvalue weighted by atomic mass is 16.5. The lowest BCUT2D eigenvalue weighted by Crippen LogP contribution is -2.54. The standard InChI is InChI=1S/C18H23NO4/c1-23-14-5-3-2-4-13(14)10-19-17(20)15-11-6-8-12(9-7-11)16(15)18(21)22/h2-5,11-12,15-16H,6-10H2,1H3,(H,19,20)(H,21,22)/p-1/t11?,12?,15-,16-/m0/s1. The van der Waals surface area contributed by atoms with Crippen molar-refractivity contribution in [2.24, 2.45) is 23.7 Å². The molecule has 124 valence electrons. The number of fused-ring (bicyclic) bond motifs is 3. The number of carbonyl (C=O) groups is 2. The van der Waals surface area contributed by atoms with E-state index in [4.69, 9.17) is 4.74 Å². The van der Waals surface area contributed by atoms with Crippen molar-refractivity contribution in [3.63, 3.8) is 0 Å². The van der Waals surface area contributed by atoms with Crippen LogP contribution in [0.15, 0.2) is 24.3 Å². The van der Waals surface area contributed by atoms with Crippen molar-refractivity contribution in [2.45, 2.75) is 32.2 Å². The first-order valence-electron chi connectivity index (χ1n) is 8.22. The van der Waals surface area contributed by atoms with Crippen LogP contribution in [0.2, 0.25) is 0 Å². The topological polar surface area (TPSA) is 78.5 Å². The number of methoxy groups -OCH3 is 1. The maximum Gasteiger partial charge on any atom is 0.224 e. The number of aliphatic carboxylic acids is 1. The highest BCUT2D eigenvalue weighted by Crippen LogP contribution is 2.48. The van der Waals surface area contributed by atoms with E-state index in [9.17, 15) is 14.7 Å². The van der Waals surface area contributed by atoms with E-state index in [1.54, 1.807) is 7.11 Å². The number of carbonyl (C=O) groups excluding carboxylic acids is 2. The summed E-state index contributed by atoms with van der Waals surface area (Å²) in [4.78, 5) is 24.2. The Morgan fingerprint density at radius 3 is 2.35 bits per heavy atom. The molecule has 1 aromatic rings. The number of benzene rings is 1. The van der Waals surface area contributed by atoms with E-state index in [2.05, 4.69) is 5.32 Å². The quantitative estimate of drug-likeness (QED) is 0.883. The maximum atomic E-state index is 12.6. The lowest BCUT2D eigenvalue weighted by molar-refractivity contribution is -0.318. The predicted octanol–water partition coefficient (Wildman–Crippen LogP) is 1.11. The van der Waals surface area contributed by atoms with Gasteiger partial charge in [0.05, 0.1) is 7.11 Å². The number of para-hydroxylation sites is 1. The SMILES string of the molecule is COc1ccccc1CNC(=O)[C@H]1C2CCC(CC2)[C@@H]1C(=O)[O-]. The van der Waals surface area contributed by atoms with Crippen LogP contribution in [0, 0.1) is 23.7 Å². The van der Waals surface area contributed by atoms with E-state index < -0.39 is 17.8 Å². The molecule has 0 saturated heterocycles. The van der Waals surface area contributed by atoms with Crippen LogP contribution in [0.5, 0.6) is 5.75 Å². The van der Waals surface area contributed by atoms with E-state index in [-0.39, 0.29) is 17.7 Å². The highest BCUT2D eigenvalue weighted by Gasteiger charge is 2.47. The number of carboxylic acids is 1. The summed E-state index contributed by atoms with van der Waals surface area (Å²) in [5, 5.41) is 14.4. The van der Waals surface area contributed by atoms with Crippen LogP contribution in [0.4, 0.5) is 0 Å². The van der Waals surface area contributed by atoms with Gasteiger partial charge in [0.1, 0.15) is 5.75 Å². The Morgan fingerprint density at radius 1 is 1.13 bits per heavy atom. The third-order valence-corrected chi connectivity index (χ3v) is 5.44. The molecule has 2 bridgehead atoms. The van der Waals surface area contributed by atoms with Gasteiger partial charge in [-0.05, 0) is 43.6 Å². The Hall–Kier alpha value is -2.04. The van der Waals surface area contributed by atoms with Crippen LogP contribution >= 0.6 is 0 Å². The molecule has 0 unspecified atom stereocenters. The Labute approximate surface area is 136 Å². The van der Waals surface area contributed by atoms with Gasteiger partial charge < -0.3 is 20.0 Å². The third-order valence-electron chi connectivity index (χ3n) is 5.44. The summed E-state index contributed by atoms with van der Waals surface area (Å²) in [5.74, 6) is -1.36. The van der Waals surface area contributed by atoms with Gasteiger partial charge >= 0.3 is 0 Å². The van der Waals surface area contributed by atoms with Crippen molar-refractivity contribution >= 4 is 11.9 Å². The Kier molecular flexibility index (Phi) is 4.55. The minimum atomic E-state index is -1.07. The number of hydrogen-bond donors (Lipinski definition) is 1. The van der Waals surface area contributed by atoms with E-state index in [0.29, 0.717) is 6.54 Å².